The molecule has 0 aromatic heterocycles. The molecule has 0 heterocycles. The van der Waals surface area contributed by atoms with Gasteiger partial charge in [-0.3, -0.25) is 0 Å². The van der Waals surface area contributed by atoms with Gasteiger partial charge in [-0.25, -0.2) is 0 Å². The van der Waals surface area contributed by atoms with E-state index in [1.807, 2.05) is 0 Å². The Kier molecular flexibility index (Phi) is 71.3. The fraction of sp³-hybridized carbons (Fsp3) is 1.00. The van der Waals surface area contributed by atoms with Gasteiger partial charge in [0.05, 0.1) is 303 Å². The van der Waals surface area contributed by atoms with Gasteiger partial charge in [0.25, 0.3) is 0 Å². The Morgan fingerprint density at radius 1 is 0.163 bits per heavy atom. The van der Waals surface area contributed by atoms with Crippen LogP contribution in [0, 0.1) is 0 Å². The van der Waals surface area contributed by atoms with E-state index in [4.69, 9.17) is 123 Å². The van der Waals surface area contributed by atoms with Gasteiger partial charge in [-0.1, -0.05) is 6.92 Å². The third-order valence-corrected chi connectivity index (χ3v) is 10.3. The first-order valence-corrected chi connectivity index (χ1v) is 28.5. The maximum Gasteiger partial charge on any atom is 0.104 e. The maximum atomic E-state index is 5.96. The second-order valence-corrected chi connectivity index (χ2v) is 16.8. The van der Waals surface area contributed by atoms with Crippen molar-refractivity contribution < 1.29 is 123 Å². The van der Waals surface area contributed by atoms with Gasteiger partial charge in [-0.2, -0.15) is 0 Å². The van der Waals surface area contributed by atoms with Crippen molar-refractivity contribution in [2.45, 2.75) is 31.7 Å². The molecule has 0 aliphatic rings. The van der Waals surface area contributed by atoms with Crippen LogP contribution in [0.3, 0.4) is 0 Å². The summed E-state index contributed by atoms with van der Waals surface area (Å²) in [7, 11) is 6.55. The summed E-state index contributed by atoms with van der Waals surface area (Å²) in [6.45, 7) is 22.8. The molecule has 0 saturated carbocycles. The molecule has 26 nitrogen and oxygen atoms in total. The van der Waals surface area contributed by atoms with Crippen molar-refractivity contribution in [2.24, 2.45) is 0 Å². The van der Waals surface area contributed by atoms with E-state index in [1.54, 1.807) is 28.4 Å². The van der Waals surface area contributed by atoms with Crippen LogP contribution in [0.25, 0.3) is 0 Å². The highest BCUT2D eigenvalue weighted by Crippen LogP contribution is 2.01. The lowest BCUT2D eigenvalue weighted by Crippen LogP contribution is -2.29. The molecule has 0 aromatic carbocycles. The quantitative estimate of drug-likeness (QED) is 0.0783. The van der Waals surface area contributed by atoms with Crippen molar-refractivity contribution in [3.05, 3.63) is 0 Å². The molecule has 0 fully saturated rings. The van der Waals surface area contributed by atoms with Crippen molar-refractivity contribution in [1.82, 2.24) is 0 Å². The maximum absolute atomic E-state index is 5.96. The summed E-state index contributed by atoms with van der Waals surface area (Å²) in [4.78, 5) is 0. The molecule has 80 heavy (non-hydrogen) atoms. The third kappa shape index (κ3) is 66.1. The summed E-state index contributed by atoms with van der Waals surface area (Å²) in [5.41, 5.74) is 0. The summed E-state index contributed by atoms with van der Waals surface area (Å²) >= 11 is 0. The zero-order valence-electron chi connectivity index (χ0n) is 49.9. The molecule has 0 bridgehead atoms. The van der Waals surface area contributed by atoms with E-state index in [2.05, 4.69) is 6.92 Å². The largest absolute Gasteiger partial charge is 0.382 e. The second-order valence-electron chi connectivity index (χ2n) is 16.8. The average Bonchev–Trinajstić information content (AvgIpc) is 3.47. The summed E-state index contributed by atoms with van der Waals surface area (Å²) in [6.07, 6.45) is 0.258. The smallest absolute Gasteiger partial charge is 0.104 e. The van der Waals surface area contributed by atoms with Gasteiger partial charge in [0.15, 0.2) is 0 Å². The Morgan fingerprint density at radius 2 is 0.300 bits per heavy atom. The molecule has 0 N–H and O–H groups in total. The van der Waals surface area contributed by atoms with E-state index in [9.17, 15) is 0 Å². The molecule has 0 aromatic rings. The van der Waals surface area contributed by atoms with Gasteiger partial charge in [-0.15, -0.1) is 0 Å². The molecular formula is C54H110O26. The highest BCUT2D eigenvalue weighted by molar-refractivity contribution is 4.58. The van der Waals surface area contributed by atoms with Crippen LogP contribution in [-0.2, 0) is 123 Å². The summed E-state index contributed by atoms with van der Waals surface area (Å²) in [5, 5.41) is 0. The van der Waals surface area contributed by atoms with Crippen LogP contribution in [-0.4, -0.2) is 344 Å². The Hall–Kier alpha value is -1.04. The Morgan fingerprint density at radius 3 is 0.475 bits per heavy atom. The lowest BCUT2D eigenvalue weighted by atomic mass is 10.3. The lowest BCUT2D eigenvalue weighted by molar-refractivity contribution is -0.0874. The minimum absolute atomic E-state index is 0.0261. The van der Waals surface area contributed by atoms with Gasteiger partial charge in [-0.05, 0) is 6.42 Å². The van der Waals surface area contributed by atoms with E-state index in [0.717, 1.165) is 6.42 Å². The lowest BCUT2D eigenvalue weighted by Gasteiger charge is -2.18. The summed E-state index contributed by atoms with van der Waals surface area (Å²) < 4.78 is 144. The molecule has 3 unspecified atom stereocenters. The number of hydrogen-bond acceptors (Lipinski definition) is 26. The Labute approximate surface area is 479 Å². The van der Waals surface area contributed by atoms with E-state index in [1.165, 1.54) is 0 Å². The average molecular weight is 1180 g/mol. The van der Waals surface area contributed by atoms with Crippen molar-refractivity contribution in [3.8, 4) is 0 Å². The van der Waals surface area contributed by atoms with Crippen molar-refractivity contribution in [3.63, 3.8) is 0 Å². The fourth-order valence-corrected chi connectivity index (χ4v) is 6.00. The van der Waals surface area contributed by atoms with Gasteiger partial charge < -0.3 is 123 Å². The topological polar surface area (TPSA) is 240 Å². The Bertz CT molecular complexity index is 1100. The first-order valence-electron chi connectivity index (χ1n) is 28.5. The van der Waals surface area contributed by atoms with Crippen LogP contribution in [0.1, 0.15) is 13.3 Å². The number of ether oxygens (including phenoxy) is 26. The fourth-order valence-electron chi connectivity index (χ4n) is 6.00. The van der Waals surface area contributed by atoms with E-state index in [-0.39, 0.29) is 18.3 Å². The summed E-state index contributed by atoms with van der Waals surface area (Å²) in [5.74, 6) is 0. The van der Waals surface area contributed by atoms with Crippen LogP contribution in [0.2, 0.25) is 0 Å². The molecule has 0 radical (unpaired) electrons. The molecule has 0 rings (SSSR count). The predicted octanol–water partition coefficient (Wildman–Crippen LogP) is 1.45. The van der Waals surface area contributed by atoms with Crippen LogP contribution in [0.4, 0.5) is 0 Å². The third-order valence-electron chi connectivity index (χ3n) is 10.3. The Balaban J connectivity index is 3.87. The van der Waals surface area contributed by atoms with Crippen molar-refractivity contribution in [2.75, 3.05) is 326 Å². The molecule has 0 spiro atoms. The normalized spacial score (nSPS) is 13.0. The molecular weight excluding hydrogens is 1060 g/mol. The number of rotatable bonds is 74. The predicted molar refractivity (Wildman–Crippen MR) is 293 cm³/mol. The summed E-state index contributed by atoms with van der Waals surface area (Å²) in [6, 6.07) is 0. The molecule has 0 aliphatic heterocycles. The minimum Gasteiger partial charge on any atom is -0.382 e. The van der Waals surface area contributed by atoms with Crippen LogP contribution in [0.5, 0.6) is 0 Å². The van der Waals surface area contributed by atoms with Gasteiger partial charge in [0, 0.05) is 28.4 Å². The number of methoxy groups -OCH3 is 4. The highest BCUT2D eigenvalue weighted by Gasteiger charge is 2.13. The SMILES string of the molecule is CCC(COCCOCCOCCOCCOCC(COCCOCCOCCOC)OCCOCCOCCOC)OCCOCCOCCOCCOCC(COCCOCCOCCOC)OCCOCCOCCOC. The first-order chi connectivity index (χ1) is 39.7. The standard InChI is InChI=1S/C54H110O26/c1-6-52(78-44-41-70-30-27-64-23-26-69-35-40-77-51-54(80-46-43-72-29-18-62-14-10-58-5)49-75-38-33-66-20-16-60-12-8-56-3)47-73-36-31-67-24-21-63-22-25-68-34-39-76-50-53(79-45-42-71-28-17-61-13-9-57-4)48-74-37-32-65-19-15-59-11-7-55-2/h52-54H,6-51H2,1-5H3. The van der Waals surface area contributed by atoms with Gasteiger partial charge in [0.1, 0.15) is 12.2 Å². The van der Waals surface area contributed by atoms with Crippen LogP contribution in [0.15, 0.2) is 0 Å². The molecule has 0 saturated heterocycles. The van der Waals surface area contributed by atoms with Crippen LogP contribution < -0.4 is 0 Å². The van der Waals surface area contributed by atoms with Crippen molar-refractivity contribution in [1.29, 1.82) is 0 Å². The van der Waals surface area contributed by atoms with Crippen LogP contribution >= 0.6 is 0 Å². The van der Waals surface area contributed by atoms with Gasteiger partial charge >= 0.3 is 0 Å². The van der Waals surface area contributed by atoms with Crippen molar-refractivity contribution >= 4 is 0 Å². The molecule has 26 heteroatoms. The van der Waals surface area contributed by atoms with E-state index < -0.39 is 0 Å². The zero-order chi connectivity index (χ0) is 57.6. The molecule has 482 valence electrons. The monoisotopic (exact) mass is 1170 g/mol. The van der Waals surface area contributed by atoms with Gasteiger partial charge in [0.2, 0.25) is 0 Å². The first kappa shape index (κ1) is 79.0. The van der Waals surface area contributed by atoms with E-state index >= 15 is 0 Å². The molecule has 0 aliphatic carbocycles. The molecule has 0 amide bonds. The van der Waals surface area contributed by atoms with E-state index in [0.29, 0.717) is 297 Å². The zero-order valence-corrected chi connectivity index (χ0v) is 49.9. The minimum atomic E-state index is -0.270. The second kappa shape index (κ2) is 72.2. The molecule has 3 atom stereocenters. The highest BCUT2D eigenvalue weighted by atomic mass is 16.6. The number of hydrogen-bond donors (Lipinski definition) is 0.